The summed E-state index contributed by atoms with van der Waals surface area (Å²) in [5.41, 5.74) is 6.88. The first-order valence-corrected chi connectivity index (χ1v) is 10.9. The molecule has 1 unspecified atom stereocenters. The van der Waals surface area contributed by atoms with Crippen LogP contribution in [0.4, 0.5) is 19.0 Å². The van der Waals surface area contributed by atoms with Gasteiger partial charge >= 0.3 is 6.18 Å². The number of ether oxygens (including phenoxy) is 1. The minimum absolute atomic E-state index is 0.0936. The summed E-state index contributed by atoms with van der Waals surface area (Å²) in [6, 6.07) is 10.0. The molecule has 2 N–H and O–H groups in total. The van der Waals surface area contributed by atoms with Crippen molar-refractivity contribution >= 4 is 22.6 Å². The fourth-order valence-corrected chi connectivity index (χ4v) is 3.75. The summed E-state index contributed by atoms with van der Waals surface area (Å²) >= 11 is 0. The molecule has 0 aliphatic rings. The second-order valence-corrected chi connectivity index (χ2v) is 8.18. The molecule has 1 aromatic carbocycles. The third-order valence-corrected chi connectivity index (χ3v) is 5.74. The number of nitrogen functional groups attached to an aromatic ring is 1. The number of hydrogen-bond donors (Lipinski definition) is 1. The third-order valence-electron chi connectivity index (χ3n) is 5.74. The Bertz CT molecular complexity index is 1410. The number of pyridine rings is 2. The van der Waals surface area contributed by atoms with E-state index in [1.165, 1.54) is 18.1 Å². The molecule has 1 atom stereocenters. The Morgan fingerprint density at radius 3 is 2.50 bits per heavy atom. The molecule has 4 aromatic rings. The number of fused-ring (bicyclic) bond motifs is 1. The molecule has 186 valence electrons. The maximum Gasteiger partial charge on any atom is 0.433 e. The molecular weight excluding hydrogens is 473 g/mol. The van der Waals surface area contributed by atoms with Gasteiger partial charge in [-0.25, -0.2) is 19.9 Å². The zero-order valence-electron chi connectivity index (χ0n) is 19.7. The number of amides is 1. The van der Waals surface area contributed by atoms with Gasteiger partial charge in [0.2, 0.25) is 5.88 Å². The highest BCUT2D eigenvalue weighted by atomic mass is 19.4. The van der Waals surface area contributed by atoms with E-state index in [0.717, 1.165) is 17.0 Å². The lowest BCUT2D eigenvalue weighted by Crippen LogP contribution is -2.34. The number of aromatic nitrogens is 4. The number of benzene rings is 1. The summed E-state index contributed by atoms with van der Waals surface area (Å²) in [4.78, 5) is 31.7. The predicted octanol–water partition coefficient (Wildman–Crippen LogP) is 4.74. The van der Waals surface area contributed by atoms with E-state index in [4.69, 9.17) is 10.5 Å². The summed E-state index contributed by atoms with van der Waals surface area (Å²) in [6.45, 7) is 3.47. The molecule has 1 amide bonds. The average Bonchev–Trinajstić information content (AvgIpc) is 2.86. The van der Waals surface area contributed by atoms with Crippen molar-refractivity contribution in [3.8, 4) is 5.88 Å². The fourth-order valence-electron chi connectivity index (χ4n) is 3.75. The van der Waals surface area contributed by atoms with Crippen molar-refractivity contribution in [1.82, 2.24) is 24.8 Å². The minimum Gasteiger partial charge on any atom is -0.481 e. The molecule has 0 bridgehead atoms. The molecule has 0 aliphatic heterocycles. The van der Waals surface area contributed by atoms with Crippen LogP contribution in [0.15, 0.2) is 54.9 Å². The van der Waals surface area contributed by atoms with Crippen molar-refractivity contribution in [2.45, 2.75) is 32.6 Å². The zero-order chi connectivity index (χ0) is 26.0. The maximum absolute atomic E-state index is 13.8. The lowest BCUT2D eigenvalue weighted by Gasteiger charge is -2.29. The van der Waals surface area contributed by atoms with Gasteiger partial charge in [0.25, 0.3) is 5.91 Å². The summed E-state index contributed by atoms with van der Waals surface area (Å²) in [7, 11) is 1.23. The standard InChI is InChI=1S/C25H23F3N6O2/c1-14-11-18-12-16(5-7-19(18)32-21(14)29)24(35)34(15(2)22-30-9-4-10-31-22)13-17-6-8-20(25(26,27)28)33-23(17)36-3/h4-12,15H,13H2,1-3H3,(H2,29,32). The SMILES string of the molecule is COc1nc(C(F)(F)F)ccc1CN(C(=O)c1ccc2nc(N)c(C)cc2c1)C(C)c1ncccn1. The number of halogens is 3. The molecule has 0 aliphatic carbocycles. The molecule has 0 saturated heterocycles. The number of carbonyl (C=O) groups is 1. The number of nitrogens with zero attached hydrogens (tertiary/aromatic N) is 5. The van der Waals surface area contributed by atoms with E-state index < -0.39 is 17.9 Å². The number of hydrogen-bond acceptors (Lipinski definition) is 7. The first-order valence-electron chi connectivity index (χ1n) is 10.9. The van der Waals surface area contributed by atoms with Crippen molar-refractivity contribution in [1.29, 1.82) is 0 Å². The topological polar surface area (TPSA) is 107 Å². The molecule has 0 radical (unpaired) electrons. The lowest BCUT2D eigenvalue weighted by molar-refractivity contribution is -0.141. The highest BCUT2D eigenvalue weighted by molar-refractivity contribution is 5.98. The molecule has 3 heterocycles. The van der Waals surface area contributed by atoms with Crippen LogP contribution in [0.3, 0.4) is 0 Å². The van der Waals surface area contributed by atoms with Gasteiger partial charge in [-0.1, -0.05) is 0 Å². The summed E-state index contributed by atoms with van der Waals surface area (Å²) < 4.78 is 44.6. The van der Waals surface area contributed by atoms with Gasteiger partial charge in [-0.3, -0.25) is 4.79 Å². The number of rotatable bonds is 6. The van der Waals surface area contributed by atoms with Gasteiger partial charge in [0.15, 0.2) is 0 Å². The van der Waals surface area contributed by atoms with Crippen LogP contribution >= 0.6 is 0 Å². The van der Waals surface area contributed by atoms with E-state index in [9.17, 15) is 18.0 Å². The first kappa shape index (κ1) is 24.8. The van der Waals surface area contributed by atoms with E-state index in [2.05, 4.69) is 19.9 Å². The highest BCUT2D eigenvalue weighted by Crippen LogP contribution is 2.32. The van der Waals surface area contributed by atoms with Crippen LogP contribution in [0.5, 0.6) is 5.88 Å². The van der Waals surface area contributed by atoms with Gasteiger partial charge in [0, 0.05) is 28.9 Å². The summed E-state index contributed by atoms with van der Waals surface area (Å²) in [5.74, 6) is 0.168. The maximum atomic E-state index is 13.8. The quantitative estimate of drug-likeness (QED) is 0.411. The summed E-state index contributed by atoms with van der Waals surface area (Å²) in [5, 5.41) is 0.727. The summed E-state index contributed by atoms with van der Waals surface area (Å²) in [6.07, 6.45) is -1.53. The van der Waals surface area contributed by atoms with Gasteiger partial charge < -0.3 is 15.4 Å². The van der Waals surface area contributed by atoms with Crippen LogP contribution in [-0.2, 0) is 12.7 Å². The molecule has 3 aromatic heterocycles. The van der Waals surface area contributed by atoms with Gasteiger partial charge in [-0.15, -0.1) is 0 Å². The van der Waals surface area contributed by atoms with E-state index in [0.29, 0.717) is 28.3 Å². The molecule has 36 heavy (non-hydrogen) atoms. The van der Waals surface area contributed by atoms with Gasteiger partial charge in [0.05, 0.1) is 25.2 Å². The fraction of sp³-hybridized carbons (Fsp3) is 0.240. The van der Waals surface area contributed by atoms with Crippen molar-refractivity contribution in [2.24, 2.45) is 0 Å². The Labute approximate surface area is 205 Å². The molecule has 8 nitrogen and oxygen atoms in total. The monoisotopic (exact) mass is 496 g/mol. The number of nitrogens with two attached hydrogens (primary N) is 1. The van der Waals surface area contributed by atoms with E-state index >= 15 is 0 Å². The number of methoxy groups -OCH3 is 1. The third kappa shape index (κ3) is 5.04. The molecule has 0 saturated carbocycles. The van der Waals surface area contributed by atoms with Gasteiger partial charge in [-0.05, 0) is 61.9 Å². The normalized spacial score (nSPS) is 12.4. The van der Waals surface area contributed by atoms with Crippen molar-refractivity contribution in [2.75, 3.05) is 12.8 Å². The largest absolute Gasteiger partial charge is 0.481 e. The Morgan fingerprint density at radius 2 is 1.83 bits per heavy atom. The second-order valence-electron chi connectivity index (χ2n) is 8.18. The highest BCUT2D eigenvalue weighted by Gasteiger charge is 2.34. The van der Waals surface area contributed by atoms with Gasteiger partial charge in [0.1, 0.15) is 17.3 Å². The van der Waals surface area contributed by atoms with Crippen LogP contribution in [0, 0.1) is 6.92 Å². The number of carbonyl (C=O) groups excluding carboxylic acids is 1. The Hall–Kier alpha value is -4.28. The first-order chi connectivity index (χ1) is 17.1. The zero-order valence-corrected chi connectivity index (χ0v) is 19.7. The van der Waals surface area contributed by atoms with Crippen molar-refractivity contribution in [3.05, 3.63) is 83.1 Å². The molecule has 11 heteroatoms. The van der Waals surface area contributed by atoms with Crippen LogP contribution in [0.2, 0.25) is 0 Å². The van der Waals surface area contributed by atoms with Crippen LogP contribution in [0.1, 0.15) is 46.0 Å². The Balaban J connectivity index is 1.76. The average molecular weight is 496 g/mol. The smallest absolute Gasteiger partial charge is 0.433 e. The number of aryl methyl sites for hydroxylation is 1. The van der Waals surface area contributed by atoms with Crippen LogP contribution in [-0.4, -0.2) is 37.9 Å². The molecular formula is C25H23F3N6O2. The van der Waals surface area contributed by atoms with Crippen molar-refractivity contribution < 1.29 is 22.7 Å². The molecule has 4 rings (SSSR count). The van der Waals surface area contributed by atoms with Crippen molar-refractivity contribution in [3.63, 3.8) is 0 Å². The second kappa shape index (κ2) is 9.76. The Kier molecular flexibility index (Phi) is 6.73. The number of anilines is 1. The minimum atomic E-state index is -4.63. The van der Waals surface area contributed by atoms with E-state index in [-0.39, 0.29) is 18.3 Å². The van der Waals surface area contributed by atoms with E-state index in [1.807, 2.05) is 13.0 Å². The van der Waals surface area contributed by atoms with E-state index in [1.54, 1.807) is 43.6 Å². The molecule has 0 spiro atoms. The Morgan fingerprint density at radius 1 is 1.11 bits per heavy atom. The lowest BCUT2D eigenvalue weighted by atomic mass is 10.1. The number of alkyl halides is 3. The molecule has 0 fully saturated rings. The van der Waals surface area contributed by atoms with Gasteiger partial charge in [-0.2, -0.15) is 13.2 Å². The van der Waals surface area contributed by atoms with Crippen LogP contribution in [0.25, 0.3) is 10.9 Å². The predicted molar refractivity (Wildman–Crippen MR) is 127 cm³/mol. The van der Waals surface area contributed by atoms with Crippen LogP contribution < -0.4 is 10.5 Å².